The van der Waals surface area contributed by atoms with Gasteiger partial charge in [-0.2, -0.15) is 0 Å². The van der Waals surface area contributed by atoms with Crippen molar-refractivity contribution in [3.8, 4) is 0 Å². The van der Waals surface area contributed by atoms with Crippen LogP contribution in [0.2, 0.25) is 0 Å². The first-order valence-corrected chi connectivity index (χ1v) is 9.08. The summed E-state index contributed by atoms with van der Waals surface area (Å²) in [7, 11) is 3.46. The third-order valence-corrected chi connectivity index (χ3v) is 4.66. The van der Waals surface area contributed by atoms with E-state index in [0.29, 0.717) is 18.9 Å². The summed E-state index contributed by atoms with van der Waals surface area (Å²) in [5.74, 6) is 1.58. The topological polar surface area (TPSA) is 66.0 Å². The van der Waals surface area contributed by atoms with Crippen molar-refractivity contribution in [1.82, 2.24) is 15.5 Å². The van der Waals surface area contributed by atoms with Crippen molar-refractivity contribution in [2.24, 2.45) is 16.3 Å². The van der Waals surface area contributed by atoms with E-state index in [9.17, 15) is 4.79 Å². The summed E-state index contributed by atoms with van der Waals surface area (Å²) in [4.78, 5) is 18.6. The van der Waals surface area contributed by atoms with Gasteiger partial charge in [0, 0.05) is 40.2 Å². The second-order valence-electron chi connectivity index (χ2n) is 7.59. The lowest BCUT2D eigenvalue weighted by Crippen LogP contribution is -2.46. The Bertz CT molecular complexity index is 416. The zero-order valence-electron chi connectivity index (χ0n) is 16.7. The van der Waals surface area contributed by atoms with Crippen LogP contribution in [0.1, 0.15) is 47.0 Å². The van der Waals surface area contributed by atoms with Gasteiger partial charge in [-0.3, -0.25) is 9.79 Å². The van der Waals surface area contributed by atoms with Gasteiger partial charge in [0.25, 0.3) is 0 Å². The molecule has 1 saturated heterocycles. The molecule has 0 spiro atoms. The van der Waals surface area contributed by atoms with Crippen LogP contribution in [0.5, 0.6) is 0 Å². The molecule has 25 heavy (non-hydrogen) atoms. The number of ether oxygens (including phenoxy) is 1. The molecule has 0 saturated carbocycles. The van der Waals surface area contributed by atoms with Crippen molar-refractivity contribution in [2.75, 3.05) is 40.3 Å². The molecule has 0 aromatic rings. The Morgan fingerprint density at radius 2 is 1.92 bits per heavy atom. The van der Waals surface area contributed by atoms with Gasteiger partial charge in [0.2, 0.25) is 5.91 Å². The molecule has 7 heteroatoms. The van der Waals surface area contributed by atoms with Crippen molar-refractivity contribution < 1.29 is 9.53 Å². The molecular weight excluding hydrogens is 431 g/mol. The fraction of sp³-hybridized carbons (Fsp3) is 0.889. The highest BCUT2D eigenvalue weighted by molar-refractivity contribution is 14.0. The normalized spacial score (nSPS) is 17.7. The Kier molecular flexibility index (Phi) is 11.7. The van der Waals surface area contributed by atoms with E-state index in [1.165, 1.54) is 0 Å². The van der Waals surface area contributed by atoms with E-state index in [0.717, 1.165) is 38.4 Å². The van der Waals surface area contributed by atoms with Gasteiger partial charge in [0.15, 0.2) is 5.96 Å². The van der Waals surface area contributed by atoms with E-state index in [4.69, 9.17) is 9.73 Å². The van der Waals surface area contributed by atoms with Crippen molar-refractivity contribution in [2.45, 2.75) is 53.1 Å². The summed E-state index contributed by atoms with van der Waals surface area (Å²) in [6.07, 6.45) is 2.79. The van der Waals surface area contributed by atoms with E-state index in [2.05, 4.69) is 43.2 Å². The Morgan fingerprint density at radius 1 is 1.32 bits per heavy atom. The van der Waals surface area contributed by atoms with E-state index in [1.54, 1.807) is 14.2 Å². The van der Waals surface area contributed by atoms with E-state index in [-0.39, 0.29) is 41.4 Å². The highest BCUT2D eigenvalue weighted by atomic mass is 127. The molecular formula is C18H37IN4O2. The number of rotatable bonds is 6. The Balaban J connectivity index is 0.00000576. The molecule has 1 heterocycles. The third kappa shape index (κ3) is 8.57. The number of halogens is 1. The van der Waals surface area contributed by atoms with Crippen LogP contribution in [-0.2, 0) is 9.53 Å². The summed E-state index contributed by atoms with van der Waals surface area (Å²) in [6, 6.07) is 0. The number of amides is 1. The van der Waals surface area contributed by atoms with Crippen LogP contribution in [-0.4, -0.2) is 63.2 Å². The van der Waals surface area contributed by atoms with Crippen LogP contribution in [0.15, 0.2) is 4.99 Å². The number of carbonyl (C=O) groups is 1. The standard InChI is InChI=1S/C18H36N4O2.HI/c1-7-20-17(21-13-15(24-6)18(2,3)4)22-10-8-14(9-11-22)12-16(23)19-5;/h14-15H,7-13H2,1-6H3,(H,19,23)(H,20,21);1H. The largest absolute Gasteiger partial charge is 0.379 e. The molecule has 0 bridgehead atoms. The van der Waals surface area contributed by atoms with Gasteiger partial charge >= 0.3 is 0 Å². The number of carbonyl (C=O) groups excluding carboxylic acids is 1. The second kappa shape index (κ2) is 11.9. The molecule has 0 aromatic heterocycles. The van der Waals surface area contributed by atoms with Crippen molar-refractivity contribution in [1.29, 1.82) is 0 Å². The molecule has 2 N–H and O–H groups in total. The number of nitrogens with zero attached hydrogens (tertiary/aromatic N) is 2. The number of hydrogen-bond donors (Lipinski definition) is 2. The van der Waals surface area contributed by atoms with Gasteiger partial charge in [-0.15, -0.1) is 24.0 Å². The van der Waals surface area contributed by atoms with E-state index >= 15 is 0 Å². The molecule has 1 atom stereocenters. The molecule has 148 valence electrons. The number of aliphatic imine (C=N–C) groups is 1. The molecule has 0 aromatic carbocycles. The Morgan fingerprint density at radius 3 is 2.36 bits per heavy atom. The number of likely N-dealkylation sites (tertiary alicyclic amines) is 1. The molecule has 6 nitrogen and oxygen atoms in total. The summed E-state index contributed by atoms with van der Waals surface area (Å²) in [6.45, 7) is 12.0. The number of nitrogens with one attached hydrogen (secondary N) is 2. The fourth-order valence-corrected chi connectivity index (χ4v) is 3.01. The average Bonchev–Trinajstić information content (AvgIpc) is 2.54. The molecule has 0 aliphatic carbocycles. The van der Waals surface area contributed by atoms with Crippen LogP contribution in [0.25, 0.3) is 0 Å². The van der Waals surface area contributed by atoms with Crippen LogP contribution >= 0.6 is 24.0 Å². The van der Waals surface area contributed by atoms with Crippen LogP contribution in [0.3, 0.4) is 0 Å². The SMILES string of the molecule is CCNC(=NCC(OC)C(C)(C)C)N1CCC(CC(=O)NC)CC1.I. The van der Waals surface area contributed by atoms with Crippen molar-refractivity contribution in [3.63, 3.8) is 0 Å². The molecule has 1 aliphatic heterocycles. The summed E-state index contributed by atoms with van der Waals surface area (Å²) < 4.78 is 5.61. The molecule has 1 aliphatic rings. The van der Waals surface area contributed by atoms with E-state index in [1.807, 2.05) is 0 Å². The van der Waals surface area contributed by atoms with Gasteiger partial charge in [-0.05, 0) is 31.1 Å². The minimum atomic E-state index is 0. The lowest BCUT2D eigenvalue weighted by Gasteiger charge is -2.35. The highest BCUT2D eigenvalue weighted by Gasteiger charge is 2.26. The molecule has 1 unspecified atom stereocenters. The van der Waals surface area contributed by atoms with Gasteiger partial charge in [-0.25, -0.2) is 0 Å². The fourth-order valence-electron chi connectivity index (χ4n) is 3.01. The predicted octanol–water partition coefficient (Wildman–Crippen LogP) is 2.48. The summed E-state index contributed by atoms with van der Waals surface area (Å²) in [5, 5.41) is 6.11. The first kappa shape index (κ1) is 24.4. The Hall–Kier alpha value is -0.570. The van der Waals surface area contributed by atoms with E-state index < -0.39 is 0 Å². The number of hydrogen-bond acceptors (Lipinski definition) is 3. The summed E-state index contributed by atoms with van der Waals surface area (Å²) >= 11 is 0. The van der Waals surface area contributed by atoms with Crippen molar-refractivity contribution >= 4 is 35.8 Å². The average molecular weight is 468 g/mol. The van der Waals surface area contributed by atoms with Crippen LogP contribution in [0.4, 0.5) is 0 Å². The number of methoxy groups -OCH3 is 1. The second-order valence-corrected chi connectivity index (χ2v) is 7.59. The van der Waals surface area contributed by atoms with Crippen LogP contribution in [0, 0.1) is 11.3 Å². The zero-order valence-corrected chi connectivity index (χ0v) is 19.1. The lowest BCUT2D eigenvalue weighted by atomic mass is 9.89. The maximum Gasteiger partial charge on any atom is 0.220 e. The monoisotopic (exact) mass is 468 g/mol. The Labute approximate surface area is 170 Å². The quantitative estimate of drug-likeness (QED) is 0.357. The van der Waals surface area contributed by atoms with Gasteiger partial charge in [0.05, 0.1) is 12.6 Å². The molecule has 1 fully saturated rings. The lowest BCUT2D eigenvalue weighted by molar-refractivity contribution is -0.121. The predicted molar refractivity (Wildman–Crippen MR) is 115 cm³/mol. The maximum absolute atomic E-state index is 11.5. The number of piperidine rings is 1. The first-order valence-electron chi connectivity index (χ1n) is 9.08. The highest BCUT2D eigenvalue weighted by Crippen LogP contribution is 2.23. The first-order chi connectivity index (χ1) is 11.3. The molecule has 1 amide bonds. The van der Waals surface area contributed by atoms with Crippen LogP contribution < -0.4 is 10.6 Å². The maximum atomic E-state index is 11.5. The van der Waals surface area contributed by atoms with Gasteiger partial charge < -0.3 is 20.3 Å². The van der Waals surface area contributed by atoms with Crippen molar-refractivity contribution in [3.05, 3.63) is 0 Å². The van der Waals surface area contributed by atoms with Gasteiger partial charge in [-0.1, -0.05) is 20.8 Å². The number of guanidine groups is 1. The zero-order chi connectivity index (χ0) is 18.2. The molecule has 0 radical (unpaired) electrons. The van der Waals surface area contributed by atoms with Gasteiger partial charge in [0.1, 0.15) is 0 Å². The third-order valence-electron chi connectivity index (χ3n) is 4.66. The molecule has 1 rings (SSSR count). The minimum absolute atomic E-state index is 0. The minimum Gasteiger partial charge on any atom is -0.379 e. The smallest absolute Gasteiger partial charge is 0.220 e. The summed E-state index contributed by atoms with van der Waals surface area (Å²) in [5.41, 5.74) is 0.0656.